The molecule has 0 unspecified atom stereocenters. The van der Waals surface area contributed by atoms with E-state index in [0.29, 0.717) is 38.3 Å². The maximum Gasteiger partial charge on any atom is 0.266 e. The molecule has 31 heavy (non-hydrogen) atoms. The van der Waals surface area contributed by atoms with Crippen LogP contribution >= 0.6 is 24.0 Å². The Labute approximate surface area is 190 Å². The van der Waals surface area contributed by atoms with E-state index >= 15 is 0 Å². The van der Waals surface area contributed by atoms with Gasteiger partial charge in [0, 0.05) is 17.8 Å². The number of aryl methyl sites for hydroxylation is 2. The molecule has 2 aromatic carbocycles. The van der Waals surface area contributed by atoms with Crippen molar-refractivity contribution in [2.24, 2.45) is 0 Å². The lowest BCUT2D eigenvalue weighted by Crippen LogP contribution is -2.35. The zero-order valence-corrected chi connectivity index (χ0v) is 19.0. The monoisotopic (exact) mass is 451 g/mol. The van der Waals surface area contributed by atoms with Crippen LogP contribution < -0.4 is 10.2 Å². The number of carbonyl (C=O) groups is 3. The molecule has 0 aromatic heterocycles. The second-order valence-corrected chi connectivity index (χ2v) is 9.02. The SMILES string of the molecule is CCN1C(=O)/C(=C2\C(=O)N(CC(=O)Nc3ccc(C)c(C)c3)c3ccccc32)SC1=S. The van der Waals surface area contributed by atoms with Gasteiger partial charge in [0.1, 0.15) is 10.9 Å². The lowest BCUT2D eigenvalue weighted by atomic mass is 10.1. The summed E-state index contributed by atoms with van der Waals surface area (Å²) in [4.78, 5) is 42.1. The van der Waals surface area contributed by atoms with E-state index in [1.807, 2.05) is 45.0 Å². The van der Waals surface area contributed by atoms with Crippen LogP contribution in [-0.2, 0) is 14.4 Å². The van der Waals surface area contributed by atoms with E-state index in [-0.39, 0.29) is 24.3 Å². The van der Waals surface area contributed by atoms with E-state index < -0.39 is 0 Å². The number of benzene rings is 2. The number of anilines is 2. The number of para-hydroxylation sites is 1. The first kappa shape index (κ1) is 21.3. The molecule has 6 nitrogen and oxygen atoms in total. The van der Waals surface area contributed by atoms with Crippen LogP contribution in [0.25, 0.3) is 5.57 Å². The Morgan fingerprint density at radius 3 is 2.45 bits per heavy atom. The predicted molar refractivity (Wildman–Crippen MR) is 128 cm³/mol. The van der Waals surface area contributed by atoms with E-state index in [2.05, 4.69) is 5.32 Å². The molecule has 158 valence electrons. The molecule has 2 aliphatic heterocycles. The number of likely N-dealkylation sites (N-methyl/N-ethyl adjacent to an activating group) is 1. The maximum atomic E-state index is 13.3. The molecule has 0 spiro atoms. The van der Waals surface area contributed by atoms with E-state index in [1.165, 1.54) is 9.80 Å². The van der Waals surface area contributed by atoms with Gasteiger partial charge in [0.25, 0.3) is 11.8 Å². The predicted octanol–water partition coefficient (Wildman–Crippen LogP) is 3.88. The first-order valence-corrected chi connectivity index (χ1v) is 11.1. The van der Waals surface area contributed by atoms with Gasteiger partial charge in [0.15, 0.2) is 0 Å². The van der Waals surface area contributed by atoms with Crippen molar-refractivity contribution in [1.82, 2.24) is 4.90 Å². The molecule has 0 bridgehead atoms. The second-order valence-electron chi connectivity index (χ2n) is 7.38. The van der Waals surface area contributed by atoms with E-state index in [0.717, 1.165) is 22.9 Å². The standard InChI is InChI=1S/C23H21N3O3S2/c1-4-25-22(29)20(31-23(25)30)19-16-7-5-6-8-17(16)26(21(19)28)12-18(27)24-15-10-9-13(2)14(3)11-15/h5-11H,4,12H2,1-3H3,(H,24,27)/b20-19+. The Kier molecular flexibility index (Phi) is 5.68. The molecule has 2 aromatic rings. The van der Waals surface area contributed by atoms with Crippen LogP contribution in [-0.4, -0.2) is 40.0 Å². The summed E-state index contributed by atoms with van der Waals surface area (Å²) in [6.07, 6.45) is 0. The van der Waals surface area contributed by atoms with Gasteiger partial charge in [-0.1, -0.05) is 48.2 Å². The van der Waals surface area contributed by atoms with Crippen LogP contribution in [0.2, 0.25) is 0 Å². The summed E-state index contributed by atoms with van der Waals surface area (Å²) in [5.74, 6) is -0.945. The van der Waals surface area contributed by atoms with Gasteiger partial charge < -0.3 is 5.32 Å². The fraction of sp³-hybridized carbons (Fsp3) is 0.217. The van der Waals surface area contributed by atoms with Gasteiger partial charge >= 0.3 is 0 Å². The van der Waals surface area contributed by atoms with Crippen molar-refractivity contribution in [2.45, 2.75) is 20.8 Å². The highest BCUT2D eigenvalue weighted by Crippen LogP contribution is 2.44. The van der Waals surface area contributed by atoms with Crippen LogP contribution in [0, 0.1) is 13.8 Å². The average molecular weight is 452 g/mol. The molecule has 0 atom stereocenters. The summed E-state index contributed by atoms with van der Waals surface area (Å²) in [5, 5.41) is 2.85. The van der Waals surface area contributed by atoms with Gasteiger partial charge in [0.05, 0.1) is 16.2 Å². The van der Waals surface area contributed by atoms with Crippen LogP contribution in [0.5, 0.6) is 0 Å². The van der Waals surface area contributed by atoms with Crippen LogP contribution in [0.1, 0.15) is 23.6 Å². The van der Waals surface area contributed by atoms with Gasteiger partial charge in [-0.05, 0) is 50.1 Å². The Balaban J connectivity index is 1.64. The Bertz CT molecular complexity index is 1170. The van der Waals surface area contributed by atoms with Crippen molar-refractivity contribution in [2.75, 3.05) is 23.3 Å². The quantitative estimate of drug-likeness (QED) is 0.564. The lowest BCUT2D eigenvalue weighted by Gasteiger charge is -2.17. The summed E-state index contributed by atoms with van der Waals surface area (Å²) in [5.41, 5.74) is 4.44. The van der Waals surface area contributed by atoms with E-state index in [4.69, 9.17) is 12.2 Å². The minimum Gasteiger partial charge on any atom is -0.325 e. The number of hydrogen-bond donors (Lipinski definition) is 1. The van der Waals surface area contributed by atoms with Crippen molar-refractivity contribution >= 4 is 63.0 Å². The Morgan fingerprint density at radius 1 is 1.03 bits per heavy atom. The van der Waals surface area contributed by atoms with E-state index in [9.17, 15) is 14.4 Å². The molecular weight excluding hydrogens is 430 g/mol. The van der Waals surface area contributed by atoms with Crippen molar-refractivity contribution in [3.05, 3.63) is 64.1 Å². The molecule has 0 aliphatic carbocycles. The van der Waals surface area contributed by atoms with Gasteiger partial charge in [-0.15, -0.1) is 0 Å². The van der Waals surface area contributed by atoms with Crippen molar-refractivity contribution in [3.8, 4) is 0 Å². The highest BCUT2D eigenvalue weighted by molar-refractivity contribution is 8.26. The molecule has 4 rings (SSSR count). The maximum absolute atomic E-state index is 13.3. The molecule has 1 saturated heterocycles. The second kappa shape index (κ2) is 8.28. The molecule has 2 aliphatic rings. The fourth-order valence-electron chi connectivity index (χ4n) is 3.64. The molecular formula is C23H21N3O3S2. The summed E-state index contributed by atoms with van der Waals surface area (Å²) >= 11 is 6.44. The third-order valence-corrected chi connectivity index (χ3v) is 6.86. The third kappa shape index (κ3) is 3.77. The number of nitrogens with zero attached hydrogens (tertiary/aromatic N) is 2. The number of fused-ring (bicyclic) bond motifs is 1. The molecule has 0 saturated carbocycles. The Hall–Kier alpha value is -2.97. The third-order valence-electron chi connectivity index (χ3n) is 5.41. The largest absolute Gasteiger partial charge is 0.325 e. The molecule has 2 heterocycles. The molecule has 8 heteroatoms. The molecule has 3 amide bonds. The van der Waals surface area contributed by atoms with Crippen molar-refractivity contribution < 1.29 is 14.4 Å². The van der Waals surface area contributed by atoms with Crippen molar-refractivity contribution in [1.29, 1.82) is 0 Å². The minimum absolute atomic E-state index is 0.152. The summed E-state index contributed by atoms with van der Waals surface area (Å²) in [7, 11) is 0. The van der Waals surface area contributed by atoms with Crippen LogP contribution in [0.15, 0.2) is 47.4 Å². The smallest absolute Gasteiger partial charge is 0.266 e. The number of nitrogens with one attached hydrogen (secondary N) is 1. The normalized spacial score (nSPS) is 18.1. The first-order valence-electron chi connectivity index (χ1n) is 9.88. The number of thioether (sulfide) groups is 1. The zero-order chi connectivity index (χ0) is 22.3. The van der Waals surface area contributed by atoms with Gasteiger partial charge in [-0.2, -0.15) is 0 Å². The number of hydrogen-bond acceptors (Lipinski definition) is 5. The topological polar surface area (TPSA) is 69.7 Å². The first-order chi connectivity index (χ1) is 14.8. The highest BCUT2D eigenvalue weighted by atomic mass is 32.2. The lowest BCUT2D eigenvalue weighted by molar-refractivity contribution is -0.122. The van der Waals surface area contributed by atoms with Gasteiger partial charge in [-0.3, -0.25) is 24.2 Å². The number of carbonyl (C=O) groups excluding carboxylic acids is 3. The number of amides is 3. The number of rotatable bonds is 4. The fourth-order valence-corrected chi connectivity index (χ4v) is 5.10. The molecule has 1 fully saturated rings. The number of thiocarbonyl (C=S) groups is 1. The van der Waals surface area contributed by atoms with Crippen LogP contribution in [0.3, 0.4) is 0 Å². The zero-order valence-electron chi connectivity index (χ0n) is 17.4. The Morgan fingerprint density at radius 2 is 1.77 bits per heavy atom. The summed E-state index contributed by atoms with van der Waals surface area (Å²) in [6.45, 7) is 6.11. The molecule has 0 radical (unpaired) electrons. The van der Waals surface area contributed by atoms with Gasteiger partial charge in [0.2, 0.25) is 5.91 Å². The highest BCUT2D eigenvalue weighted by Gasteiger charge is 2.41. The summed E-state index contributed by atoms with van der Waals surface area (Å²) < 4.78 is 0.436. The minimum atomic E-state index is -0.368. The van der Waals surface area contributed by atoms with Crippen LogP contribution in [0.4, 0.5) is 11.4 Å². The van der Waals surface area contributed by atoms with Gasteiger partial charge in [-0.25, -0.2) is 0 Å². The summed E-state index contributed by atoms with van der Waals surface area (Å²) in [6, 6.07) is 12.9. The molecule has 1 N–H and O–H groups in total. The van der Waals surface area contributed by atoms with E-state index in [1.54, 1.807) is 18.2 Å². The van der Waals surface area contributed by atoms with Crippen molar-refractivity contribution in [3.63, 3.8) is 0 Å². The average Bonchev–Trinajstić information content (AvgIpc) is 3.17.